The Hall–Kier alpha value is -0.120. The van der Waals surface area contributed by atoms with Crippen LogP contribution in [0.5, 0.6) is 0 Å². The van der Waals surface area contributed by atoms with Gasteiger partial charge in [0.25, 0.3) is 0 Å². The molecule has 0 aliphatic carbocycles. The second-order valence-electron chi connectivity index (χ2n) is 5.51. The van der Waals surface area contributed by atoms with E-state index in [4.69, 9.17) is 0 Å². The van der Waals surface area contributed by atoms with Crippen molar-refractivity contribution in [3.8, 4) is 0 Å². The maximum Gasteiger partial charge on any atom is 0.0323 e. The van der Waals surface area contributed by atoms with Gasteiger partial charge in [-0.05, 0) is 31.9 Å². The fourth-order valence-corrected chi connectivity index (χ4v) is 6.12. The monoisotopic (exact) mass is 309 g/mol. The van der Waals surface area contributed by atoms with Gasteiger partial charge in [0.2, 0.25) is 0 Å². The molecule has 1 fully saturated rings. The molecule has 3 unspecified atom stereocenters. The predicted molar refractivity (Wildman–Crippen MR) is 95.1 cm³/mol. The lowest BCUT2D eigenvalue weighted by atomic mass is 9.99. The molecule has 3 heteroatoms. The van der Waals surface area contributed by atoms with Gasteiger partial charge in [0.15, 0.2) is 0 Å². The Kier molecular flexibility index (Phi) is 6.79. The summed E-state index contributed by atoms with van der Waals surface area (Å²) in [6, 6.07) is 9.66. The first kappa shape index (κ1) is 16.3. The lowest BCUT2D eigenvalue weighted by Gasteiger charge is -2.36. The second kappa shape index (κ2) is 8.35. The molecule has 112 valence electrons. The van der Waals surface area contributed by atoms with E-state index in [9.17, 15) is 0 Å². The summed E-state index contributed by atoms with van der Waals surface area (Å²) < 4.78 is 0. The summed E-state index contributed by atoms with van der Waals surface area (Å²) >= 11 is 4.36. The molecule has 3 atom stereocenters. The van der Waals surface area contributed by atoms with E-state index in [1.165, 1.54) is 29.1 Å². The van der Waals surface area contributed by atoms with Gasteiger partial charge in [-0.25, -0.2) is 0 Å². The van der Waals surface area contributed by atoms with Crippen LogP contribution in [0.4, 0.5) is 0 Å². The molecule has 2 rings (SSSR count). The van der Waals surface area contributed by atoms with Gasteiger partial charge < -0.3 is 5.32 Å². The molecular formula is C17H27NS2. The normalized spacial score (nSPS) is 24.6. The third-order valence-corrected chi connectivity index (χ3v) is 7.34. The molecule has 1 saturated heterocycles. The van der Waals surface area contributed by atoms with Gasteiger partial charge in [0.1, 0.15) is 0 Å². The van der Waals surface area contributed by atoms with Gasteiger partial charge in [-0.3, -0.25) is 0 Å². The topological polar surface area (TPSA) is 12.0 Å². The minimum Gasteiger partial charge on any atom is -0.313 e. The van der Waals surface area contributed by atoms with Crippen LogP contribution in [0.15, 0.2) is 24.3 Å². The van der Waals surface area contributed by atoms with Crippen molar-refractivity contribution >= 4 is 23.5 Å². The van der Waals surface area contributed by atoms with Crippen molar-refractivity contribution in [3.63, 3.8) is 0 Å². The number of benzene rings is 1. The fraction of sp³-hybridized carbons (Fsp3) is 0.647. The van der Waals surface area contributed by atoms with Crippen LogP contribution in [0.2, 0.25) is 0 Å². The minimum absolute atomic E-state index is 0.602. The largest absolute Gasteiger partial charge is 0.313 e. The van der Waals surface area contributed by atoms with Crippen LogP contribution >= 0.6 is 23.5 Å². The predicted octanol–water partition coefficient (Wildman–Crippen LogP) is 4.14. The Morgan fingerprint density at radius 2 is 1.85 bits per heavy atom. The van der Waals surface area contributed by atoms with Crippen LogP contribution in [0.25, 0.3) is 0 Å². The Morgan fingerprint density at radius 1 is 1.15 bits per heavy atom. The molecule has 0 saturated carbocycles. The Balaban J connectivity index is 2.06. The highest BCUT2D eigenvalue weighted by Gasteiger charge is 2.31. The quantitative estimate of drug-likeness (QED) is 0.848. The maximum atomic E-state index is 3.75. The van der Waals surface area contributed by atoms with Crippen molar-refractivity contribution in [1.82, 2.24) is 5.32 Å². The first-order valence-electron chi connectivity index (χ1n) is 7.76. The molecule has 1 N–H and O–H groups in total. The van der Waals surface area contributed by atoms with Crippen molar-refractivity contribution in [3.05, 3.63) is 35.4 Å². The molecule has 1 aliphatic rings. The summed E-state index contributed by atoms with van der Waals surface area (Å²) in [6.07, 6.45) is 2.45. The molecule has 1 aliphatic heterocycles. The van der Waals surface area contributed by atoms with Gasteiger partial charge in [0.05, 0.1) is 0 Å². The summed E-state index contributed by atoms with van der Waals surface area (Å²) in [5, 5.41) is 5.30. The molecule has 1 nitrogen and oxygen atoms in total. The van der Waals surface area contributed by atoms with Crippen LogP contribution in [-0.4, -0.2) is 34.6 Å². The van der Waals surface area contributed by atoms with Gasteiger partial charge in [-0.15, -0.1) is 0 Å². The van der Waals surface area contributed by atoms with E-state index in [1.807, 2.05) is 0 Å². The summed E-state index contributed by atoms with van der Waals surface area (Å²) in [4.78, 5) is 0. The number of aryl methyl sites for hydroxylation is 1. The van der Waals surface area contributed by atoms with Gasteiger partial charge in [-0.1, -0.05) is 43.7 Å². The van der Waals surface area contributed by atoms with Gasteiger partial charge in [0, 0.05) is 28.0 Å². The van der Waals surface area contributed by atoms with E-state index in [-0.39, 0.29) is 0 Å². The number of thioether (sulfide) groups is 2. The van der Waals surface area contributed by atoms with Crippen molar-refractivity contribution < 1.29 is 0 Å². The number of hydrogen-bond acceptors (Lipinski definition) is 3. The van der Waals surface area contributed by atoms with Crippen LogP contribution in [0.3, 0.4) is 0 Å². The highest BCUT2D eigenvalue weighted by Crippen LogP contribution is 2.36. The molecule has 0 radical (unpaired) electrons. The SMILES string of the molecule is CCNC(Cc1ccc(C)cc1)C1SCCSC1CC. The number of hydrogen-bond donors (Lipinski definition) is 1. The zero-order chi connectivity index (χ0) is 14.4. The van der Waals surface area contributed by atoms with Crippen LogP contribution in [0.1, 0.15) is 31.4 Å². The molecule has 0 aromatic heterocycles. The van der Waals surface area contributed by atoms with Crippen LogP contribution < -0.4 is 5.32 Å². The van der Waals surface area contributed by atoms with Crippen molar-refractivity contribution in [2.24, 2.45) is 0 Å². The van der Waals surface area contributed by atoms with E-state index in [0.29, 0.717) is 6.04 Å². The molecule has 0 bridgehead atoms. The number of likely N-dealkylation sites (N-methyl/N-ethyl adjacent to an activating group) is 1. The first-order chi connectivity index (χ1) is 9.74. The third-order valence-electron chi connectivity index (χ3n) is 3.93. The zero-order valence-corrected chi connectivity index (χ0v) is 14.5. The Labute approximate surface area is 132 Å². The molecular weight excluding hydrogens is 282 g/mol. The van der Waals surface area contributed by atoms with Crippen molar-refractivity contribution in [2.45, 2.75) is 50.2 Å². The third kappa shape index (κ3) is 4.44. The molecule has 1 aromatic carbocycles. The highest BCUT2D eigenvalue weighted by molar-refractivity contribution is 8.07. The van der Waals surface area contributed by atoms with Crippen molar-refractivity contribution in [2.75, 3.05) is 18.1 Å². The van der Waals surface area contributed by atoms with Gasteiger partial charge >= 0.3 is 0 Å². The lowest BCUT2D eigenvalue weighted by Crippen LogP contribution is -2.46. The van der Waals surface area contributed by atoms with E-state index < -0.39 is 0 Å². The second-order valence-corrected chi connectivity index (χ2v) is 8.14. The molecule has 0 amide bonds. The first-order valence-corrected chi connectivity index (χ1v) is 9.86. The summed E-state index contributed by atoms with van der Waals surface area (Å²) in [5.74, 6) is 2.63. The summed E-state index contributed by atoms with van der Waals surface area (Å²) in [5.41, 5.74) is 2.82. The molecule has 1 heterocycles. The molecule has 1 aromatic rings. The van der Waals surface area contributed by atoms with E-state index in [1.54, 1.807) is 0 Å². The zero-order valence-electron chi connectivity index (χ0n) is 12.9. The molecule has 0 spiro atoms. The van der Waals surface area contributed by atoms with E-state index in [2.05, 4.69) is 73.9 Å². The highest BCUT2D eigenvalue weighted by atomic mass is 32.2. The summed E-state index contributed by atoms with van der Waals surface area (Å²) in [7, 11) is 0. The van der Waals surface area contributed by atoms with Gasteiger partial charge in [-0.2, -0.15) is 23.5 Å². The minimum atomic E-state index is 0.602. The smallest absolute Gasteiger partial charge is 0.0323 e. The van der Waals surface area contributed by atoms with E-state index in [0.717, 1.165) is 23.5 Å². The average Bonchev–Trinajstić information content (AvgIpc) is 2.49. The van der Waals surface area contributed by atoms with Crippen LogP contribution in [-0.2, 0) is 6.42 Å². The van der Waals surface area contributed by atoms with Crippen molar-refractivity contribution in [1.29, 1.82) is 0 Å². The Morgan fingerprint density at radius 3 is 2.50 bits per heavy atom. The molecule has 20 heavy (non-hydrogen) atoms. The number of nitrogens with one attached hydrogen (secondary N) is 1. The fourth-order valence-electron chi connectivity index (χ4n) is 2.86. The standard InChI is InChI=1S/C17H27NS2/c1-4-16-17(20-11-10-19-16)15(18-5-2)12-14-8-6-13(3)7-9-14/h6-9,15-18H,4-5,10-12H2,1-3H3. The van der Waals surface area contributed by atoms with Crippen LogP contribution in [0, 0.1) is 6.92 Å². The summed E-state index contributed by atoms with van der Waals surface area (Å²) in [6.45, 7) is 7.79. The lowest BCUT2D eigenvalue weighted by molar-refractivity contribution is 0.490. The Bertz CT molecular complexity index is 390. The van der Waals surface area contributed by atoms with E-state index >= 15 is 0 Å². The average molecular weight is 310 g/mol. The number of rotatable bonds is 6. The maximum absolute atomic E-state index is 3.75.